The second kappa shape index (κ2) is 7.23. The average molecular weight is 381 g/mol. The number of aryl methyl sites for hydroxylation is 1. The van der Waals surface area contributed by atoms with Gasteiger partial charge in [0.15, 0.2) is 5.13 Å². The standard InChI is InChI=1S/C19H15N3O2S2/c1-12-8-13(6-7-14(12)16-10-25-19(22-16)20-11-23)24-9-18-21-15-4-2-3-5-17(15)26-18/h2-8,10-11H,9H2,1H3,(H,20,22,23). The van der Waals surface area contributed by atoms with Crippen LogP contribution in [0.3, 0.4) is 0 Å². The van der Waals surface area contributed by atoms with Crippen LogP contribution in [0.4, 0.5) is 5.13 Å². The van der Waals surface area contributed by atoms with E-state index in [9.17, 15) is 4.79 Å². The normalized spacial score (nSPS) is 10.8. The van der Waals surface area contributed by atoms with Gasteiger partial charge in [0, 0.05) is 10.9 Å². The van der Waals surface area contributed by atoms with Crippen molar-refractivity contribution >= 4 is 44.4 Å². The third-order valence-electron chi connectivity index (χ3n) is 3.86. The summed E-state index contributed by atoms with van der Waals surface area (Å²) in [5.41, 5.74) is 3.93. The maximum absolute atomic E-state index is 10.5. The predicted octanol–water partition coefficient (Wildman–Crippen LogP) is 4.88. The molecule has 1 N–H and O–H groups in total. The fourth-order valence-electron chi connectivity index (χ4n) is 2.65. The maximum Gasteiger partial charge on any atom is 0.213 e. The van der Waals surface area contributed by atoms with Gasteiger partial charge in [-0.1, -0.05) is 12.1 Å². The van der Waals surface area contributed by atoms with Crippen LogP contribution >= 0.6 is 22.7 Å². The molecule has 0 aliphatic rings. The number of fused-ring (bicyclic) bond motifs is 1. The molecule has 0 aliphatic heterocycles. The Balaban J connectivity index is 1.49. The van der Waals surface area contributed by atoms with E-state index >= 15 is 0 Å². The summed E-state index contributed by atoms with van der Waals surface area (Å²) >= 11 is 3.05. The summed E-state index contributed by atoms with van der Waals surface area (Å²) in [7, 11) is 0. The molecule has 130 valence electrons. The molecule has 2 aromatic carbocycles. The number of benzene rings is 2. The highest BCUT2D eigenvalue weighted by Gasteiger charge is 2.09. The van der Waals surface area contributed by atoms with E-state index in [1.165, 1.54) is 16.0 Å². The molecule has 26 heavy (non-hydrogen) atoms. The van der Waals surface area contributed by atoms with Crippen molar-refractivity contribution in [3.8, 4) is 17.0 Å². The molecule has 0 unspecified atom stereocenters. The number of anilines is 1. The Morgan fingerprint density at radius 2 is 2.08 bits per heavy atom. The van der Waals surface area contributed by atoms with Gasteiger partial charge in [-0.15, -0.1) is 22.7 Å². The van der Waals surface area contributed by atoms with E-state index in [-0.39, 0.29) is 0 Å². The van der Waals surface area contributed by atoms with Crippen LogP contribution in [0.25, 0.3) is 21.5 Å². The molecule has 4 aromatic rings. The zero-order valence-corrected chi connectivity index (χ0v) is 15.6. The van der Waals surface area contributed by atoms with E-state index in [4.69, 9.17) is 4.74 Å². The van der Waals surface area contributed by atoms with Crippen LogP contribution in [0.1, 0.15) is 10.6 Å². The number of hydrogen-bond donors (Lipinski definition) is 1. The maximum atomic E-state index is 10.5. The number of amides is 1. The molecular formula is C19H15N3O2S2. The molecular weight excluding hydrogens is 366 g/mol. The summed E-state index contributed by atoms with van der Waals surface area (Å²) in [5.74, 6) is 0.798. The van der Waals surface area contributed by atoms with Crippen molar-refractivity contribution in [1.29, 1.82) is 0 Å². The fourth-order valence-corrected chi connectivity index (χ4v) is 4.20. The summed E-state index contributed by atoms with van der Waals surface area (Å²) in [6.07, 6.45) is 0.633. The number of thiazole rings is 2. The van der Waals surface area contributed by atoms with Crippen molar-refractivity contribution in [3.63, 3.8) is 0 Å². The van der Waals surface area contributed by atoms with Gasteiger partial charge < -0.3 is 10.1 Å². The second-order valence-corrected chi connectivity index (χ2v) is 7.61. The van der Waals surface area contributed by atoms with E-state index in [1.54, 1.807) is 11.3 Å². The molecule has 0 saturated carbocycles. The molecule has 7 heteroatoms. The van der Waals surface area contributed by atoms with Crippen LogP contribution in [0.5, 0.6) is 5.75 Å². The number of para-hydroxylation sites is 1. The van der Waals surface area contributed by atoms with Gasteiger partial charge in [-0.2, -0.15) is 0 Å². The Morgan fingerprint density at radius 1 is 1.19 bits per heavy atom. The molecule has 0 bridgehead atoms. The average Bonchev–Trinajstić information content (AvgIpc) is 3.27. The van der Waals surface area contributed by atoms with Crippen LogP contribution in [0.2, 0.25) is 0 Å². The summed E-state index contributed by atoms with van der Waals surface area (Å²) in [5, 5.41) is 6.04. The lowest BCUT2D eigenvalue weighted by molar-refractivity contribution is -0.105. The van der Waals surface area contributed by atoms with Crippen LogP contribution in [0, 0.1) is 6.92 Å². The van der Waals surface area contributed by atoms with Gasteiger partial charge in [-0.3, -0.25) is 4.79 Å². The highest BCUT2D eigenvalue weighted by molar-refractivity contribution is 7.18. The molecule has 0 spiro atoms. The van der Waals surface area contributed by atoms with Crippen LogP contribution in [0.15, 0.2) is 47.8 Å². The van der Waals surface area contributed by atoms with Gasteiger partial charge in [0.1, 0.15) is 17.4 Å². The molecule has 0 radical (unpaired) electrons. The number of ether oxygens (including phenoxy) is 1. The molecule has 5 nitrogen and oxygen atoms in total. The van der Waals surface area contributed by atoms with Gasteiger partial charge in [0.05, 0.1) is 15.9 Å². The molecule has 2 aromatic heterocycles. The zero-order chi connectivity index (χ0) is 17.9. The highest BCUT2D eigenvalue weighted by atomic mass is 32.1. The van der Waals surface area contributed by atoms with Gasteiger partial charge in [-0.25, -0.2) is 9.97 Å². The Bertz CT molecular complexity index is 1040. The minimum absolute atomic E-state index is 0.447. The molecule has 0 aliphatic carbocycles. The highest BCUT2D eigenvalue weighted by Crippen LogP contribution is 2.30. The minimum atomic E-state index is 0.447. The van der Waals surface area contributed by atoms with Crippen molar-refractivity contribution in [2.24, 2.45) is 0 Å². The molecule has 2 heterocycles. The Morgan fingerprint density at radius 3 is 2.88 bits per heavy atom. The van der Waals surface area contributed by atoms with E-state index < -0.39 is 0 Å². The quantitative estimate of drug-likeness (QED) is 0.484. The lowest BCUT2D eigenvalue weighted by atomic mass is 10.1. The molecule has 4 rings (SSSR count). The fraction of sp³-hybridized carbons (Fsp3) is 0.105. The van der Waals surface area contributed by atoms with E-state index in [0.717, 1.165) is 33.1 Å². The Labute approximate surface area is 158 Å². The lowest BCUT2D eigenvalue weighted by Crippen LogP contribution is -1.96. The van der Waals surface area contributed by atoms with E-state index in [0.29, 0.717) is 18.1 Å². The number of carbonyl (C=O) groups excluding carboxylic acids is 1. The van der Waals surface area contributed by atoms with Crippen molar-refractivity contribution in [1.82, 2.24) is 9.97 Å². The number of nitrogens with one attached hydrogen (secondary N) is 1. The van der Waals surface area contributed by atoms with Crippen molar-refractivity contribution < 1.29 is 9.53 Å². The van der Waals surface area contributed by atoms with E-state index in [2.05, 4.69) is 21.4 Å². The summed E-state index contributed by atoms with van der Waals surface area (Å²) in [4.78, 5) is 19.5. The van der Waals surface area contributed by atoms with Gasteiger partial charge in [-0.05, 0) is 42.8 Å². The molecule has 1 amide bonds. The predicted molar refractivity (Wildman–Crippen MR) is 106 cm³/mol. The minimum Gasteiger partial charge on any atom is -0.486 e. The smallest absolute Gasteiger partial charge is 0.213 e. The number of nitrogens with zero attached hydrogens (tertiary/aromatic N) is 2. The first kappa shape index (κ1) is 16.7. The summed E-state index contributed by atoms with van der Waals surface area (Å²) < 4.78 is 7.08. The number of aromatic nitrogens is 2. The van der Waals surface area contributed by atoms with Crippen molar-refractivity contribution in [2.75, 3.05) is 5.32 Å². The zero-order valence-electron chi connectivity index (χ0n) is 13.9. The van der Waals surface area contributed by atoms with Gasteiger partial charge >= 0.3 is 0 Å². The first-order valence-corrected chi connectivity index (χ1v) is 9.66. The van der Waals surface area contributed by atoms with Crippen molar-refractivity contribution in [2.45, 2.75) is 13.5 Å². The molecule has 0 atom stereocenters. The van der Waals surface area contributed by atoms with Crippen molar-refractivity contribution in [3.05, 3.63) is 58.4 Å². The number of carbonyl (C=O) groups is 1. The van der Waals surface area contributed by atoms with E-state index in [1.807, 2.05) is 48.7 Å². The first-order chi connectivity index (χ1) is 12.7. The second-order valence-electron chi connectivity index (χ2n) is 5.64. The first-order valence-electron chi connectivity index (χ1n) is 7.97. The third-order valence-corrected chi connectivity index (χ3v) is 5.64. The Kier molecular flexibility index (Phi) is 4.64. The van der Waals surface area contributed by atoms with Gasteiger partial charge in [0.2, 0.25) is 6.41 Å². The monoisotopic (exact) mass is 381 g/mol. The van der Waals surface area contributed by atoms with Crippen LogP contribution in [-0.4, -0.2) is 16.4 Å². The number of rotatable bonds is 6. The summed E-state index contributed by atoms with van der Waals surface area (Å²) in [6.45, 7) is 2.47. The third kappa shape index (κ3) is 3.44. The summed E-state index contributed by atoms with van der Waals surface area (Å²) in [6, 6.07) is 14.0. The topological polar surface area (TPSA) is 64.1 Å². The van der Waals surface area contributed by atoms with Crippen LogP contribution in [-0.2, 0) is 11.4 Å². The molecule has 0 saturated heterocycles. The molecule has 0 fully saturated rings. The lowest BCUT2D eigenvalue weighted by Gasteiger charge is -2.08. The number of hydrogen-bond acceptors (Lipinski definition) is 6. The Hall–Kier alpha value is -2.77. The SMILES string of the molecule is Cc1cc(OCc2nc3ccccc3s2)ccc1-c1csc(NC=O)n1. The van der Waals surface area contributed by atoms with Crippen LogP contribution < -0.4 is 10.1 Å². The van der Waals surface area contributed by atoms with Gasteiger partial charge in [0.25, 0.3) is 0 Å². The largest absolute Gasteiger partial charge is 0.486 e.